The fourth-order valence-corrected chi connectivity index (χ4v) is 3.72. The molecule has 28 heavy (non-hydrogen) atoms. The molecule has 3 aromatic rings. The zero-order valence-electron chi connectivity index (χ0n) is 15.5. The predicted molar refractivity (Wildman–Crippen MR) is 113 cm³/mol. The van der Waals surface area contributed by atoms with E-state index in [9.17, 15) is 13.2 Å². The molecule has 2 aromatic carbocycles. The van der Waals surface area contributed by atoms with Crippen molar-refractivity contribution in [3.63, 3.8) is 0 Å². The number of hydrogen-bond donors (Lipinski definition) is 3. The minimum Gasteiger partial charge on any atom is -0.393 e. The SMILES string of the molecule is CN/C=C(\C=N)c1cnc2ccc3ccc(CS(=O)(=O)NC)cc3c(=O)c2c1. The number of benzene rings is 1. The van der Waals surface area contributed by atoms with Crippen LogP contribution in [0.1, 0.15) is 11.1 Å². The van der Waals surface area contributed by atoms with Crippen LogP contribution >= 0.6 is 0 Å². The van der Waals surface area contributed by atoms with Crippen LogP contribution < -0.4 is 15.5 Å². The Morgan fingerprint density at radius 3 is 2.57 bits per heavy atom. The van der Waals surface area contributed by atoms with Gasteiger partial charge in [0.2, 0.25) is 10.0 Å². The number of fused-ring (bicyclic) bond motifs is 2. The second-order valence-electron chi connectivity index (χ2n) is 6.24. The van der Waals surface area contributed by atoms with Crippen LogP contribution in [0.15, 0.2) is 53.6 Å². The third-order valence-electron chi connectivity index (χ3n) is 4.40. The summed E-state index contributed by atoms with van der Waals surface area (Å²) in [5, 5.41) is 12.0. The largest absolute Gasteiger partial charge is 0.393 e. The van der Waals surface area contributed by atoms with E-state index in [0.29, 0.717) is 38.4 Å². The van der Waals surface area contributed by atoms with Crippen LogP contribution in [0.3, 0.4) is 0 Å². The lowest BCUT2D eigenvalue weighted by molar-refractivity contribution is 0.587. The molecule has 0 saturated carbocycles. The third kappa shape index (κ3) is 3.92. The standard InChI is InChI=1S/C20H20N4O3S/c1-22-10-16(9-21)15-8-18-19(24-11-15)6-5-14-4-3-13(7-17(14)20(18)25)12-28(26,27)23-2/h3-11,21-23H,12H2,1-2H3/b16-10+,21-9?. The normalized spacial score (nSPS) is 12.3. The number of hydrogen-bond acceptors (Lipinski definition) is 6. The van der Waals surface area contributed by atoms with Crippen molar-refractivity contribution >= 4 is 43.5 Å². The summed E-state index contributed by atoms with van der Waals surface area (Å²) in [6, 6.07) is 10.3. The minimum absolute atomic E-state index is 0.207. The molecular weight excluding hydrogens is 376 g/mol. The number of nitrogens with one attached hydrogen (secondary N) is 3. The van der Waals surface area contributed by atoms with E-state index in [0.717, 1.165) is 0 Å². The van der Waals surface area contributed by atoms with Crippen molar-refractivity contribution in [1.82, 2.24) is 15.0 Å². The van der Waals surface area contributed by atoms with Crippen molar-refractivity contribution in [2.24, 2.45) is 0 Å². The zero-order valence-corrected chi connectivity index (χ0v) is 16.3. The van der Waals surface area contributed by atoms with Crippen LogP contribution in [0.2, 0.25) is 0 Å². The summed E-state index contributed by atoms with van der Waals surface area (Å²) in [4.78, 5) is 17.6. The van der Waals surface area contributed by atoms with E-state index in [2.05, 4.69) is 15.0 Å². The maximum atomic E-state index is 13.2. The Bertz CT molecular complexity index is 1270. The van der Waals surface area contributed by atoms with Gasteiger partial charge in [0, 0.05) is 47.6 Å². The van der Waals surface area contributed by atoms with Gasteiger partial charge in [0.25, 0.3) is 0 Å². The lowest BCUT2D eigenvalue weighted by atomic mass is 10.1. The van der Waals surface area contributed by atoms with Crippen molar-refractivity contribution in [2.45, 2.75) is 5.75 Å². The quantitative estimate of drug-likeness (QED) is 0.552. The average molecular weight is 396 g/mol. The summed E-state index contributed by atoms with van der Waals surface area (Å²) in [6.45, 7) is 0. The van der Waals surface area contributed by atoms with Crippen molar-refractivity contribution in [3.05, 3.63) is 70.1 Å². The van der Waals surface area contributed by atoms with E-state index in [1.54, 1.807) is 55.8 Å². The number of pyridine rings is 1. The Morgan fingerprint density at radius 2 is 1.89 bits per heavy atom. The Labute approximate surface area is 162 Å². The summed E-state index contributed by atoms with van der Waals surface area (Å²) in [5.74, 6) is -0.207. The first-order chi connectivity index (χ1) is 13.4. The highest BCUT2D eigenvalue weighted by Gasteiger charge is 2.11. The monoisotopic (exact) mass is 396 g/mol. The summed E-state index contributed by atoms with van der Waals surface area (Å²) < 4.78 is 26.0. The highest BCUT2D eigenvalue weighted by Crippen LogP contribution is 2.19. The van der Waals surface area contributed by atoms with Crippen LogP contribution in [0, 0.1) is 5.41 Å². The van der Waals surface area contributed by atoms with Crippen LogP contribution in [-0.2, 0) is 15.8 Å². The molecule has 0 aliphatic rings. The number of sulfonamides is 1. The first-order valence-corrected chi connectivity index (χ1v) is 10.2. The molecule has 0 atom stereocenters. The molecule has 0 saturated heterocycles. The van der Waals surface area contributed by atoms with E-state index >= 15 is 0 Å². The molecule has 0 unspecified atom stereocenters. The molecule has 0 fully saturated rings. The second kappa shape index (κ2) is 7.87. The van der Waals surface area contributed by atoms with Gasteiger partial charge in [-0.05, 0) is 36.2 Å². The van der Waals surface area contributed by atoms with Gasteiger partial charge in [-0.1, -0.05) is 18.2 Å². The summed E-state index contributed by atoms with van der Waals surface area (Å²) in [7, 11) is -0.361. The van der Waals surface area contributed by atoms with Crippen molar-refractivity contribution < 1.29 is 8.42 Å². The Hall–Kier alpha value is -3.10. The second-order valence-corrected chi connectivity index (χ2v) is 8.16. The van der Waals surface area contributed by atoms with Gasteiger partial charge in [0.1, 0.15) is 0 Å². The smallest absolute Gasteiger partial charge is 0.215 e. The van der Waals surface area contributed by atoms with Crippen LogP contribution in [-0.4, -0.2) is 33.7 Å². The molecule has 0 radical (unpaired) electrons. The molecule has 3 rings (SSSR count). The molecule has 3 N–H and O–H groups in total. The molecule has 144 valence electrons. The van der Waals surface area contributed by atoms with Gasteiger partial charge in [-0.2, -0.15) is 0 Å². The van der Waals surface area contributed by atoms with Crippen LogP contribution in [0.5, 0.6) is 0 Å². The lowest BCUT2D eigenvalue weighted by Crippen LogP contribution is -2.20. The van der Waals surface area contributed by atoms with Gasteiger partial charge in [-0.15, -0.1) is 0 Å². The molecule has 7 nitrogen and oxygen atoms in total. The Morgan fingerprint density at radius 1 is 1.14 bits per heavy atom. The van der Waals surface area contributed by atoms with E-state index in [1.165, 1.54) is 13.3 Å². The van der Waals surface area contributed by atoms with Crippen molar-refractivity contribution in [3.8, 4) is 0 Å². The molecule has 1 aromatic heterocycles. The van der Waals surface area contributed by atoms with Crippen molar-refractivity contribution in [2.75, 3.05) is 14.1 Å². The van der Waals surface area contributed by atoms with E-state index < -0.39 is 10.0 Å². The number of aromatic nitrogens is 1. The van der Waals surface area contributed by atoms with Gasteiger partial charge in [0.05, 0.1) is 11.3 Å². The maximum absolute atomic E-state index is 13.2. The van der Waals surface area contributed by atoms with E-state index in [4.69, 9.17) is 5.41 Å². The van der Waals surface area contributed by atoms with Gasteiger partial charge in [-0.3, -0.25) is 9.78 Å². The number of nitrogens with zero attached hydrogens (tertiary/aromatic N) is 1. The molecule has 0 aliphatic carbocycles. The summed E-state index contributed by atoms with van der Waals surface area (Å²) in [6.07, 6.45) is 4.46. The zero-order chi connectivity index (χ0) is 20.3. The van der Waals surface area contributed by atoms with Crippen LogP contribution in [0.4, 0.5) is 0 Å². The molecule has 0 bridgehead atoms. The molecule has 1 heterocycles. The van der Waals surface area contributed by atoms with E-state index in [-0.39, 0.29) is 11.2 Å². The van der Waals surface area contributed by atoms with Gasteiger partial charge in [0.15, 0.2) is 5.43 Å². The Kier molecular flexibility index (Phi) is 5.53. The summed E-state index contributed by atoms with van der Waals surface area (Å²) in [5.41, 5.74) is 2.05. The molecule has 0 amide bonds. The van der Waals surface area contributed by atoms with Gasteiger partial charge >= 0.3 is 0 Å². The van der Waals surface area contributed by atoms with Gasteiger partial charge < -0.3 is 10.7 Å². The Balaban J connectivity index is 2.28. The molecular formula is C20H20N4O3S. The fraction of sp³-hybridized carbons (Fsp3) is 0.150. The highest BCUT2D eigenvalue weighted by molar-refractivity contribution is 7.88. The number of rotatable bonds is 6. The van der Waals surface area contributed by atoms with Crippen molar-refractivity contribution in [1.29, 1.82) is 5.41 Å². The fourth-order valence-electron chi connectivity index (χ4n) is 2.95. The minimum atomic E-state index is -3.44. The molecule has 0 spiro atoms. The van der Waals surface area contributed by atoms with Gasteiger partial charge in [-0.25, -0.2) is 13.1 Å². The first kappa shape index (κ1) is 19.7. The first-order valence-electron chi connectivity index (χ1n) is 8.54. The van der Waals surface area contributed by atoms with Crippen LogP contribution in [0.25, 0.3) is 27.2 Å². The number of allylic oxidation sites excluding steroid dienone is 1. The lowest BCUT2D eigenvalue weighted by Gasteiger charge is -2.04. The summed E-state index contributed by atoms with van der Waals surface area (Å²) >= 11 is 0. The average Bonchev–Trinajstić information content (AvgIpc) is 2.82. The topological polar surface area (TPSA) is 112 Å². The van der Waals surface area contributed by atoms with E-state index in [1.807, 2.05) is 0 Å². The molecule has 0 aliphatic heterocycles. The molecule has 8 heteroatoms. The predicted octanol–water partition coefficient (Wildman–Crippen LogP) is 2.01. The third-order valence-corrected chi connectivity index (χ3v) is 5.74. The highest BCUT2D eigenvalue weighted by atomic mass is 32.2. The maximum Gasteiger partial charge on any atom is 0.215 e.